The van der Waals surface area contributed by atoms with Crippen LogP contribution in [0.2, 0.25) is 0 Å². The second-order valence-corrected chi connectivity index (χ2v) is 14.7. The van der Waals surface area contributed by atoms with Crippen LogP contribution in [0, 0.1) is 0 Å². The third-order valence-electron chi connectivity index (χ3n) is 5.96. The van der Waals surface area contributed by atoms with E-state index in [9.17, 15) is 16.8 Å². The zero-order valence-corrected chi connectivity index (χ0v) is 24.6. The standard InChI is InChI=1S/C32H25NO4S2Se/c34-38(35,28-20-10-3-11-21-28)33(39(36,37)29-22-12-4-13-23-29)31(26-16-6-1-7-17-26)32(27-18-8-2-9-19-27)40-30-24-14-5-15-25-30/h1-25H/b32-31+. The molecule has 5 nitrogen and oxygen atoms in total. The van der Waals surface area contributed by atoms with E-state index in [1.807, 2.05) is 66.7 Å². The molecule has 0 saturated carbocycles. The number of benzene rings is 5. The maximum absolute atomic E-state index is 14.5. The summed E-state index contributed by atoms with van der Waals surface area (Å²) in [5, 5.41) is 0. The molecular weight excluding hydrogens is 605 g/mol. The van der Waals surface area contributed by atoms with Gasteiger partial charge in [0.2, 0.25) is 0 Å². The summed E-state index contributed by atoms with van der Waals surface area (Å²) < 4.78 is 60.1. The van der Waals surface area contributed by atoms with Crippen LogP contribution in [0.15, 0.2) is 161 Å². The first-order chi connectivity index (χ1) is 19.4. The molecule has 40 heavy (non-hydrogen) atoms. The Morgan fingerprint density at radius 3 is 1.23 bits per heavy atom. The molecule has 0 atom stereocenters. The Morgan fingerprint density at radius 1 is 0.450 bits per heavy atom. The van der Waals surface area contributed by atoms with E-state index in [-0.39, 0.29) is 15.5 Å². The Hall–Kier alpha value is -3.94. The SMILES string of the molecule is O=S(=O)(c1ccccc1)N(/C(=C(/[Se]c1ccccc1)c1ccccc1)c1ccccc1)S(=O)(=O)c1ccccc1. The molecule has 5 aromatic rings. The molecule has 0 heterocycles. The summed E-state index contributed by atoms with van der Waals surface area (Å²) in [6.07, 6.45) is 0. The van der Waals surface area contributed by atoms with E-state index >= 15 is 0 Å². The van der Waals surface area contributed by atoms with Crippen molar-refractivity contribution in [2.75, 3.05) is 0 Å². The molecule has 0 aromatic heterocycles. The van der Waals surface area contributed by atoms with Crippen LogP contribution in [0.3, 0.4) is 0 Å². The normalized spacial score (nSPS) is 12.4. The molecule has 0 fully saturated rings. The van der Waals surface area contributed by atoms with E-state index in [2.05, 4.69) is 0 Å². The molecule has 5 rings (SSSR count). The molecule has 0 amide bonds. The summed E-state index contributed by atoms with van der Waals surface area (Å²) in [5.41, 5.74) is 1.31. The quantitative estimate of drug-likeness (QED) is 0.157. The van der Waals surface area contributed by atoms with Crippen LogP contribution in [0.4, 0.5) is 0 Å². The van der Waals surface area contributed by atoms with Gasteiger partial charge in [0, 0.05) is 0 Å². The van der Waals surface area contributed by atoms with Crippen LogP contribution in [-0.4, -0.2) is 35.5 Å². The molecule has 5 aromatic carbocycles. The van der Waals surface area contributed by atoms with Gasteiger partial charge in [0.05, 0.1) is 0 Å². The number of hydrogen-bond donors (Lipinski definition) is 0. The van der Waals surface area contributed by atoms with E-state index < -0.39 is 35.0 Å². The number of sulfonamides is 2. The van der Waals surface area contributed by atoms with Gasteiger partial charge in [-0.05, 0) is 0 Å². The average Bonchev–Trinajstić information content (AvgIpc) is 3.01. The molecule has 0 aliphatic heterocycles. The fourth-order valence-corrected chi connectivity index (χ4v) is 10.5. The summed E-state index contributed by atoms with van der Waals surface area (Å²) in [5.74, 6) is 0. The van der Waals surface area contributed by atoms with Crippen LogP contribution in [0.25, 0.3) is 10.2 Å². The minimum absolute atomic E-state index is 0.100. The summed E-state index contributed by atoms with van der Waals surface area (Å²) in [7, 11) is -9.20. The maximum atomic E-state index is 14.5. The molecule has 200 valence electrons. The van der Waals surface area contributed by atoms with Crippen molar-refractivity contribution in [2.24, 2.45) is 0 Å². The van der Waals surface area contributed by atoms with Gasteiger partial charge in [-0.15, -0.1) is 0 Å². The Balaban J connectivity index is 1.92. The molecule has 0 radical (unpaired) electrons. The molecular formula is C32H25NO4S2Se. The van der Waals surface area contributed by atoms with Gasteiger partial charge in [0.1, 0.15) is 0 Å². The van der Waals surface area contributed by atoms with Crippen molar-refractivity contribution < 1.29 is 16.8 Å². The second kappa shape index (κ2) is 12.1. The van der Waals surface area contributed by atoms with E-state index in [0.29, 0.717) is 13.7 Å². The molecule has 0 aliphatic carbocycles. The van der Waals surface area contributed by atoms with Gasteiger partial charge < -0.3 is 0 Å². The van der Waals surface area contributed by atoms with Crippen LogP contribution in [0.5, 0.6) is 0 Å². The first kappa shape index (κ1) is 27.6. The van der Waals surface area contributed by atoms with Crippen LogP contribution in [0.1, 0.15) is 11.1 Å². The first-order valence-electron chi connectivity index (χ1n) is 12.4. The van der Waals surface area contributed by atoms with Crippen LogP contribution in [-0.2, 0) is 20.0 Å². The topological polar surface area (TPSA) is 71.5 Å². The fraction of sp³-hybridized carbons (Fsp3) is 0. The summed E-state index contributed by atoms with van der Waals surface area (Å²) in [6.45, 7) is 0. The average molecular weight is 631 g/mol. The molecule has 0 spiro atoms. The Kier molecular flexibility index (Phi) is 8.33. The molecule has 0 saturated heterocycles. The van der Waals surface area contributed by atoms with E-state index in [1.165, 1.54) is 24.3 Å². The van der Waals surface area contributed by atoms with Crippen molar-refractivity contribution in [3.63, 3.8) is 0 Å². The number of nitrogens with zero attached hydrogens (tertiary/aromatic N) is 1. The Bertz CT molecular complexity index is 1750. The summed E-state index contributed by atoms with van der Waals surface area (Å²) in [6, 6.07) is 43.2. The second-order valence-electron chi connectivity index (χ2n) is 8.66. The van der Waals surface area contributed by atoms with Crippen molar-refractivity contribution in [1.29, 1.82) is 0 Å². The van der Waals surface area contributed by atoms with Crippen molar-refractivity contribution >= 4 is 49.6 Å². The molecule has 0 N–H and O–H groups in total. The van der Waals surface area contributed by atoms with Gasteiger partial charge in [-0.2, -0.15) is 0 Å². The minimum atomic E-state index is -4.60. The van der Waals surface area contributed by atoms with Crippen molar-refractivity contribution in [1.82, 2.24) is 3.71 Å². The number of hydrogen-bond acceptors (Lipinski definition) is 4. The van der Waals surface area contributed by atoms with E-state index in [0.717, 1.165) is 10.0 Å². The third kappa shape index (κ3) is 5.81. The van der Waals surface area contributed by atoms with Crippen LogP contribution >= 0.6 is 0 Å². The van der Waals surface area contributed by atoms with Gasteiger partial charge in [-0.1, -0.05) is 0 Å². The summed E-state index contributed by atoms with van der Waals surface area (Å²) >= 11 is -0.468. The van der Waals surface area contributed by atoms with Gasteiger partial charge in [0.25, 0.3) is 0 Å². The van der Waals surface area contributed by atoms with E-state index in [1.54, 1.807) is 60.7 Å². The zero-order chi connectivity index (χ0) is 28.0. The molecule has 0 bridgehead atoms. The van der Waals surface area contributed by atoms with Gasteiger partial charge in [-0.3, -0.25) is 0 Å². The predicted octanol–water partition coefficient (Wildman–Crippen LogP) is 5.62. The third-order valence-corrected chi connectivity index (χ3v) is 12.5. The van der Waals surface area contributed by atoms with E-state index in [4.69, 9.17) is 0 Å². The molecule has 0 aliphatic rings. The fourth-order valence-electron chi connectivity index (χ4n) is 4.10. The van der Waals surface area contributed by atoms with Crippen molar-refractivity contribution in [3.8, 4) is 0 Å². The van der Waals surface area contributed by atoms with Crippen molar-refractivity contribution in [3.05, 3.63) is 163 Å². The Labute approximate surface area is 241 Å². The van der Waals surface area contributed by atoms with Crippen molar-refractivity contribution in [2.45, 2.75) is 9.79 Å². The van der Waals surface area contributed by atoms with Gasteiger partial charge >= 0.3 is 243 Å². The zero-order valence-electron chi connectivity index (χ0n) is 21.2. The van der Waals surface area contributed by atoms with Gasteiger partial charge in [-0.25, -0.2) is 0 Å². The van der Waals surface area contributed by atoms with Crippen LogP contribution < -0.4 is 4.46 Å². The predicted molar refractivity (Wildman–Crippen MR) is 161 cm³/mol. The first-order valence-corrected chi connectivity index (χ1v) is 17.0. The number of rotatable bonds is 9. The Morgan fingerprint density at radius 2 is 0.800 bits per heavy atom. The molecule has 0 unspecified atom stereocenters. The summed E-state index contributed by atoms with van der Waals surface area (Å²) in [4.78, 5) is -0.245. The van der Waals surface area contributed by atoms with Gasteiger partial charge in [0.15, 0.2) is 0 Å². The molecule has 8 heteroatoms. The monoisotopic (exact) mass is 631 g/mol.